The van der Waals surface area contributed by atoms with Crippen molar-refractivity contribution in [1.29, 1.82) is 0 Å². The van der Waals surface area contributed by atoms with Crippen LogP contribution in [0.2, 0.25) is 0 Å². The molecule has 2 aliphatic rings. The first-order valence-corrected chi connectivity index (χ1v) is 9.79. The molecule has 132 valence electrons. The minimum absolute atomic E-state index is 0.188. The van der Waals surface area contributed by atoms with Crippen LogP contribution in [0.4, 0.5) is 0 Å². The number of aliphatic hydroxyl groups excluding tert-OH is 1. The lowest BCUT2D eigenvalue weighted by Crippen LogP contribution is -2.53. The Hall–Kier alpha value is -0.120. The molecule has 1 aliphatic carbocycles. The van der Waals surface area contributed by atoms with Gasteiger partial charge in [-0.3, -0.25) is 0 Å². The van der Waals surface area contributed by atoms with Gasteiger partial charge in [0.25, 0.3) is 0 Å². The molecule has 1 saturated heterocycles. The molecule has 0 aromatic heterocycles. The highest BCUT2D eigenvalue weighted by Gasteiger charge is 2.47. The van der Waals surface area contributed by atoms with Crippen LogP contribution in [0, 0.1) is 11.3 Å². The lowest BCUT2D eigenvalue weighted by Gasteiger charge is -2.49. The van der Waals surface area contributed by atoms with E-state index in [1.54, 1.807) is 0 Å². The highest BCUT2D eigenvalue weighted by Crippen LogP contribution is 2.50. The molecule has 5 atom stereocenters. The first kappa shape index (κ1) is 19.2. The van der Waals surface area contributed by atoms with Gasteiger partial charge in [0.05, 0.1) is 17.3 Å². The van der Waals surface area contributed by atoms with E-state index in [1.807, 2.05) is 6.08 Å². The van der Waals surface area contributed by atoms with Crippen molar-refractivity contribution in [3.8, 4) is 0 Å². The number of alkyl halides is 1. The van der Waals surface area contributed by atoms with Gasteiger partial charge in [-0.25, -0.2) is 0 Å². The number of aliphatic hydroxyl groups is 1. The van der Waals surface area contributed by atoms with E-state index in [9.17, 15) is 5.11 Å². The van der Waals surface area contributed by atoms with Crippen LogP contribution >= 0.6 is 15.9 Å². The Bertz CT molecular complexity index is 472. The molecule has 0 spiro atoms. The first-order valence-electron chi connectivity index (χ1n) is 8.88. The van der Waals surface area contributed by atoms with Crippen molar-refractivity contribution in [2.75, 3.05) is 0 Å². The number of ether oxygens (including phenoxy) is 1. The molecule has 0 bridgehead atoms. The molecular weight excluding hydrogens is 352 g/mol. The van der Waals surface area contributed by atoms with Crippen molar-refractivity contribution < 1.29 is 9.84 Å². The van der Waals surface area contributed by atoms with Crippen LogP contribution in [-0.2, 0) is 4.74 Å². The fourth-order valence-electron chi connectivity index (χ4n) is 4.35. The SMILES string of the molecule is C=C[C@@]1(C)CC[C@H](O)[C@](C)(CC[C@H]2C(=C)CC[C@@H](Br)C2(C)C)O1. The van der Waals surface area contributed by atoms with Crippen LogP contribution in [0.25, 0.3) is 0 Å². The number of hydrogen-bond acceptors (Lipinski definition) is 2. The van der Waals surface area contributed by atoms with Crippen LogP contribution in [0.15, 0.2) is 24.8 Å². The van der Waals surface area contributed by atoms with E-state index >= 15 is 0 Å². The Labute approximate surface area is 150 Å². The molecule has 1 N–H and O–H groups in total. The van der Waals surface area contributed by atoms with Gasteiger partial charge < -0.3 is 9.84 Å². The molecule has 23 heavy (non-hydrogen) atoms. The van der Waals surface area contributed by atoms with Gasteiger partial charge in [0.2, 0.25) is 0 Å². The zero-order valence-electron chi connectivity index (χ0n) is 15.2. The van der Waals surface area contributed by atoms with E-state index in [2.05, 4.69) is 56.8 Å². The van der Waals surface area contributed by atoms with Crippen molar-refractivity contribution in [3.63, 3.8) is 0 Å². The summed E-state index contributed by atoms with van der Waals surface area (Å²) < 4.78 is 6.33. The molecule has 3 heteroatoms. The Kier molecular flexibility index (Phi) is 5.55. The van der Waals surface area contributed by atoms with Gasteiger partial charge in [-0.15, -0.1) is 6.58 Å². The maximum Gasteiger partial charge on any atom is 0.0924 e. The van der Waals surface area contributed by atoms with Gasteiger partial charge in [-0.05, 0) is 63.7 Å². The van der Waals surface area contributed by atoms with Gasteiger partial charge in [0, 0.05) is 4.83 Å². The molecule has 2 rings (SSSR count). The third-order valence-electron chi connectivity index (χ3n) is 6.36. The second-order valence-electron chi connectivity index (χ2n) is 8.56. The number of rotatable bonds is 4. The maximum absolute atomic E-state index is 10.5. The lowest BCUT2D eigenvalue weighted by atomic mass is 9.64. The van der Waals surface area contributed by atoms with Crippen LogP contribution < -0.4 is 0 Å². The minimum atomic E-state index is -0.503. The standard InChI is InChI=1S/C20H33BrO2/c1-7-19(5)12-11-17(22)20(6,23-19)13-10-15-14(2)8-9-16(21)18(15,3)4/h7,15-17,22H,1-2,8-13H2,3-6H3/t15-,16+,17-,19-,20-/m0/s1. The highest BCUT2D eigenvalue weighted by molar-refractivity contribution is 9.09. The smallest absolute Gasteiger partial charge is 0.0924 e. The zero-order valence-corrected chi connectivity index (χ0v) is 16.8. The van der Waals surface area contributed by atoms with Crippen molar-refractivity contribution >= 4 is 15.9 Å². The quantitative estimate of drug-likeness (QED) is 0.519. The van der Waals surface area contributed by atoms with Crippen molar-refractivity contribution in [1.82, 2.24) is 0 Å². The average molecular weight is 385 g/mol. The predicted molar refractivity (Wildman–Crippen MR) is 101 cm³/mol. The van der Waals surface area contributed by atoms with Crippen LogP contribution in [0.5, 0.6) is 0 Å². The number of allylic oxidation sites excluding steroid dienone is 1. The molecule has 0 unspecified atom stereocenters. The summed E-state index contributed by atoms with van der Waals surface area (Å²) >= 11 is 3.86. The maximum atomic E-state index is 10.5. The van der Waals surface area contributed by atoms with Crippen molar-refractivity contribution in [3.05, 3.63) is 24.8 Å². The van der Waals surface area contributed by atoms with Gasteiger partial charge in [-0.2, -0.15) is 0 Å². The fourth-order valence-corrected chi connectivity index (χ4v) is 4.90. The summed E-state index contributed by atoms with van der Waals surface area (Å²) in [5.41, 5.74) is 0.709. The third-order valence-corrected chi connectivity index (χ3v) is 8.00. The highest BCUT2D eigenvalue weighted by atomic mass is 79.9. The van der Waals surface area contributed by atoms with Crippen molar-refractivity contribution in [2.45, 2.75) is 88.4 Å². The van der Waals surface area contributed by atoms with E-state index < -0.39 is 11.7 Å². The fraction of sp³-hybridized carbons (Fsp3) is 0.800. The topological polar surface area (TPSA) is 29.5 Å². The van der Waals surface area contributed by atoms with E-state index in [0.717, 1.165) is 38.5 Å². The summed E-state index contributed by atoms with van der Waals surface area (Å²) in [4.78, 5) is 0.522. The second kappa shape index (κ2) is 6.65. The molecule has 1 saturated carbocycles. The Morgan fingerprint density at radius 1 is 1.30 bits per heavy atom. The Morgan fingerprint density at radius 2 is 1.96 bits per heavy atom. The monoisotopic (exact) mass is 384 g/mol. The van der Waals surface area contributed by atoms with E-state index in [4.69, 9.17) is 4.74 Å². The summed E-state index contributed by atoms with van der Waals surface area (Å²) in [5.74, 6) is 0.463. The Balaban J connectivity index is 2.11. The van der Waals surface area contributed by atoms with E-state index in [-0.39, 0.29) is 11.0 Å². The molecular formula is C20H33BrO2. The first-order chi connectivity index (χ1) is 10.5. The van der Waals surface area contributed by atoms with Crippen LogP contribution in [0.1, 0.15) is 66.2 Å². The van der Waals surface area contributed by atoms with Crippen molar-refractivity contribution in [2.24, 2.45) is 11.3 Å². The second-order valence-corrected chi connectivity index (χ2v) is 9.67. The lowest BCUT2D eigenvalue weighted by molar-refractivity contribution is -0.209. The number of hydrogen-bond donors (Lipinski definition) is 1. The Morgan fingerprint density at radius 3 is 2.57 bits per heavy atom. The molecule has 2 fully saturated rings. The molecule has 1 heterocycles. The summed E-state index contributed by atoms with van der Waals surface area (Å²) in [6.07, 6.45) is 7.19. The summed E-state index contributed by atoms with van der Waals surface area (Å²) in [5, 5.41) is 10.5. The summed E-state index contributed by atoms with van der Waals surface area (Å²) in [6.45, 7) is 17.0. The molecule has 0 radical (unpaired) electrons. The molecule has 2 nitrogen and oxygen atoms in total. The summed E-state index contributed by atoms with van der Waals surface area (Å²) in [6, 6.07) is 0. The third kappa shape index (κ3) is 3.77. The molecule has 0 aromatic carbocycles. The van der Waals surface area contributed by atoms with Gasteiger partial charge >= 0.3 is 0 Å². The number of halogens is 1. The molecule has 0 aromatic rings. The normalized spacial score (nSPS) is 44.1. The molecule has 0 amide bonds. The predicted octanol–water partition coefficient (Wildman–Crippen LogP) is 5.40. The van der Waals surface area contributed by atoms with E-state index in [0.29, 0.717) is 10.7 Å². The van der Waals surface area contributed by atoms with Gasteiger partial charge in [0.1, 0.15) is 0 Å². The summed E-state index contributed by atoms with van der Waals surface area (Å²) in [7, 11) is 0. The zero-order chi connectivity index (χ0) is 17.5. The van der Waals surface area contributed by atoms with Crippen LogP contribution in [-0.4, -0.2) is 27.2 Å². The molecule has 1 aliphatic heterocycles. The van der Waals surface area contributed by atoms with E-state index in [1.165, 1.54) is 5.57 Å². The van der Waals surface area contributed by atoms with Gasteiger partial charge in [0.15, 0.2) is 0 Å². The largest absolute Gasteiger partial charge is 0.390 e. The van der Waals surface area contributed by atoms with Gasteiger partial charge in [-0.1, -0.05) is 48.0 Å². The minimum Gasteiger partial charge on any atom is -0.390 e. The van der Waals surface area contributed by atoms with Crippen LogP contribution in [0.3, 0.4) is 0 Å². The average Bonchev–Trinajstić information content (AvgIpc) is 2.47.